The van der Waals surface area contributed by atoms with Crippen molar-refractivity contribution >= 4 is 10.2 Å². The highest BCUT2D eigenvalue weighted by Crippen LogP contribution is 2.04. The van der Waals surface area contributed by atoms with E-state index in [2.05, 4.69) is 9.44 Å². The van der Waals surface area contributed by atoms with Crippen LogP contribution in [0.5, 0.6) is 0 Å². The summed E-state index contributed by atoms with van der Waals surface area (Å²) in [5.74, 6) is -0.757. The van der Waals surface area contributed by atoms with Crippen molar-refractivity contribution in [3.8, 4) is 0 Å². The average Bonchev–Trinajstić information content (AvgIpc) is 2.46. The molecule has 4 nitrogen and oxygen atoms in total. The first kappa shape index (κ1) is 15.6. The summed E-state index contributed by atoms with van der Waals surface area (Å²) < 4.78 is 53.6. The fraction of sp³-hybridized carbons (Fsp3) is 0.143. The van der Waals surface area contributed by atoms with Gasteiger partial charge < -0.3 is 0 Å². The summed E-state index contributed by atoms with van der Waals surface area (Å²) in [7, 11) is -3.69. The first-order valence-corrected chi connectivity index (χ1v) is 7.66. The van der Waals surface area contributed by atoms with Crippen LogP contribution in [0.1, 0.15) is 11.1 Å². The molecule has 0 aromatic heterocycles. The maximum atomic E-state index is 12.7. The third kappa shape index (κ3) is 5.22. The Balaban J connectivity index is 1.87. The van der Waals surface area contributed by atoms with Crippen molar-refractivity contribution in [3.63, 3.8) is 0 Å². The highest BCUT2D eigenvalue weighted by atomic mass is 32.2. The van der Waals surface area contributed by atoms with Gasteiger partial charge >= 0.3 is 0 Å². The van der Waals surface area contributed by atoms with Crippen LogP contribution in [0, 0.1) is 11.6 Å². The fourth-order valence-corrected chi connectivity index (χ4v) is 2.43. The molecule has 0 fully saturated rings. The van der Waals surface area contributed by atoms with E-state index in [0.29, 0.717) is 11.1 Å². The molecule has 0 aliphatic heterocycles. The molecule has 2 N–H and O–H groups in total. The van der Waals surface area contributed by atoms with Crippen molar-refractivity contribution in [1.82, 2.24) is 9.44 Å². The zero-order valence-electron chi connectivity index (χ0n) is 11.0. The van der Waals surface area contributed by atoms with Gasteiger partial charge in [-0.3, -0.25) is 0 Å². The Morgan fingerprint density at radius 1 is 0.714 bits per heavy atom. The molecule has 0 unspecified atom stereocenters. The number of benzene rings is 2. The van der Waals surface area contributed by atoms with E-state index < -0.39 is 10.2 Å². The minimum atomic E-state index is -3.69. The standard InChI is InChI=1S/C14H14F2N2O2S/c15-13-5-1-11(2-6-13)9-17-21(19,20)18-10-12-3-7-14(16)8-4-12/h1-8,17-18H,9-10H2. The van der Waals surface area contributed by atoms with Crippen molar-refractivity contribution in [2.24, 2.45) is 0 Å². The maximum absolute atomic E-state index is 12.7. The minimum Gasteiger partial charge on any atom is -0.207 e. The van der Waals surface area contributed by atoms with E-state index in [1.807, 2.05) is 0 Å². The zero-order valence-corrected chi connectivity index (χ0v) is 11.8. The first-order chi connectivity index (χ1) is 9.94. The molecule has 0 aliphatic rings. The summed E-state index contributed by atoms with van der Waals surface area (Å²) >= 11 is 0. The molecule has 0 saturated carbocycles. The molecule has 7 heteroatoms. The van der Waals surface area contributed by atoms with Gasteiger partial charge in [0.2, 0.25) is 0 Å². The SMILES string of the molecule is O=S(=O)(NCc1ccc(F)cc1)NCc1ccc(F)cc1. The van der Waals surface area contributed by atoms with Crippen LogP contribution < -0.4 is 9.44 Å². The molecule has 0 heterocycles. The number of rotatable bonds is 6. The quantitative estimate of drug-likeness (QED) is 0.858. The van der Waals surface area contributed by atoms with Gasteiger partial charge in [0.25, 0.3) is 10.2 Å². The van der Waals surface area contributed by atoms with Gasteiger partial charge in [0, 0.05) is 13.1 Å². The second-order valence-electron chi connectivity index (χ2n) is 4.40. The highest BCUT2D eigenvalue weighted by molar-refractivity contribution is 7.87. The van der Waals surface area contributed by atoms with Crippen molar-refractivity contribution in [2.75, 3.05) is 0 Å². The number of nitrogens with one attached hydrogen (secondary N) is 2. The van der Waals surface area contributed by atoms with E-state index in [9.17, 15) is 17.2 Å². The Morgan fingerprint density at radius 3 is 1.38 bits per heavy atom. The Bertz CT molecular complexity index is 630. The van der Waals surface area contributed by atoms with Crippen LogP contribution in [0.2, 0.25) is 0 Å². The van der Waals surface area contributed by atoms with Crippen LogP contribution in [-0.2, 0) is 23.3 Å². The predicted octanol–water partition coefficient (Wildman–Crippen LogP) is 2.09. The summed E-state index contributed by atoms with van der Waals surface area (Å²) in [6.45, 7) is 0.109. The van der Waals surface area contributed by atoms with E-state index in [0.717, 1.165) is 0 Å². The van der Waals surface area contributed by atoms with Crippen LogP contribution in [0.15, 0.2) is 48.5 Å². The molecule has 0 amide bonds. The zero-order chi connectivity index (χ0) is 15.3. The molecule has 112 valence electrons. The van der Waals surface area contributed by atoms with E-state index in [-0.39, 0.29) is 24.7 Å². The molecule has 2 aromatic carbocycles. The summed E-state index contributed by atoms with van der Waals surface area (Å²) in [4.78, 5) is 0. The predicted molar refractivity (Wildman–Crippen MR) is 75.4 cm³/mol. The van der Waals surface area contributed by atoms with Gasteiger partial charge in [-0.1, -0.05) is 24.3 Å². The lowest BCUT2D eigenvalue weighted by Crippen LogP contribution is -2.35. The third-order valence-electron chi connectivity index (χ3n) is 2.76. The summed E-state index contributed by atoms with van der Waals surface area (Å²) in [5, 5.41) is 0. The summed E-state index contributed by atoms with van der Waals surface area (Å²) in [6, 6.07) is 11.0. The molecule has 2 rings (SSSR count). The van der Waals surface area contributed by atoms with Crippen LogP contribution in [0.3, 0.4) is 0 Å². The van der Waals surface area contributed by atoms with Crippen molar-refractivity contribution in [2.45, 2.75) is 13.1 Å². The molecular weight excluding hydrogens is 298 g/mol. The van der Waals surface area contributed by atoms with Crippen LogP contribution in [-0.4, -0.2) is 8.42 Å². The number of hydrogen-bond acceptors (Lipinski definition) is 2. The van der Waals surface area contributed by atoms with Crippen molar-refractivity contribution < 1.29 is 17.2 Å². The first-order valence-electron chi connectivity index (χ1n) is 6.18. The summed E-state index contributed by atoms with van der Waals surface area (Å²) in [6.07, 6.45) is 0. The lowest BCUT2D eigenvalue weighted by atomic mass is 10.2. The van der Waals surface area contributed by atoms with Gasteiger partial charge in [-0.15, -0.1) is 0 Å². The largest absolute Gasteiger partial charge is 0.277 e. The molecule has 0 saturated heterocycles. The molecular formula is C14H14F2N2O2S. The average molecular weight is 312 g/mol. The molecule has 21 heavy (non-hydrogen) atoms. The molecule has 0 aliphatic carbocycles. The smallest absolute Gasteiger partial charge is 0.207 e. The number of hydrogen-bond donors (Lipinski definition) is 2. The van der Waals surface area contributed by atoms with Gasteiger partial charge in [-0.25, -0.2) is 8.78 Å². The highest BCUT2D eigenvalue weighted by Gasteiger charge is 2.09. The van der Waals surface area contributed by atoms with Gasteiger partial charge in [-0.2, -0.15) is 17.9 Å². The molecule has 0 bridgehead atoms. The Labute approximate surface area is 122 Å². The van der Waals surface area contributed by atoms with E-state index in [1.165, 1.54) is 48.5 Å². The van der Waals surface area contributed by atoms with Gasteiger partial charge in [0.1, 0.15) is 11.6 Å². The van der Waals surface area contributed by atoms with Crippen LogP contribution >= 0.6 is 0 Å². The van der Waals surface area contributed by atoms with E-state index >= 15 is 0 Å². The monoisotopic (exact) mass is 312 g/mol. The Morgan fingerprint density at radius 2 is 1.05 bits per heavy atom. The van der Waals surface area contributed by atoms with Crippen LogP contribution in [0.4, 0.5) is 8.78 Å². The second-order valence-corrected chi connectivity index (χ2v) is 5.98. The lowest BCUT2D eigenvalue weighted by Gasteiger charge is -2.08. The number of halogens is 2. The molecule has 0 radical (unpaired) electrons. The second kappa shape index (κ2) is 6.75. The fourth-order valence-electron chi connectivity index (χ4n) is 1.61. The maximum Gasteiger partial charge on any atom is 0.277 e. The lowest BCUT2D eigenvalue weighted by molar-refractivity contribution is 0.565. The summed E-state index contributed by atoms with van der Waals surface area (Å²) in [5.41, 5.74) is 1.28. The van der Waals surface area contributed by atoms with Crippen molar-refractivity contribution in [3.05, 3.63) is 71.3 Å². The van der Waals surface area contributed by atoms with Gasteiger partial charge in [-0.05, 0) is 35.4 Å². The third-order valence-corrected chi connectivity index (χ3v) is 3.81. The van der Waals surface area contributed by atoms with E-state index in [4.69, 9.17) is 0 Å². The Kier molecular flexibility index (Phi) is 5.00. The van der Waals surface area contributed by atoms with Gasteiger partial charge in [0.15, 0.2) is 0 Å². The molecule has 0 atom stereocenters. The minimum absolute atomic E-state index is 0.0546. The Hall–Kier alpha value is -1.83. The normalized spacial score (nSPS) is 11.5. The molecule has 2 aromatic rings. The van der Waals surface area contributed by atoms with Crippen LogP contribution in [0.25, 0.3) is 0 Å². The topological polar surface area (TPSA) is 58.2 Å². The van der Waals surface area contributed by atoms with E-state index in [1.54, 1.807) is 0 Å². The van der Waals surface area contributed by atoms with Crippen molar-refractivity contribution in [1.29, 1.82) is 0 Å². The molecule has 0 spiro atoms. The van der Waals surface area contributed by atoms with Gasteiger partial charge in [0.05, 0.1) is 0 Å².